The number of rotatable bonds is 7. The quantitative estimate of drug-likeness (QED) is 0.334. The number of nitrogens with one attached hydrogen (secondary N) is 2. The highest BCUT2D eigenvalue weighted by atomic mass is 16.2. The van der Waals surface area contributed by atoms with Crippen molar-refractivity contribution < 1.29 is 4.79 Å². The summed E-state index contributed by atoms with van der Waals surface area (Å²) in [6.45, 7) is 5.22. The summed E-state index contributed by atoms with van der Waals surface area (Å²) in [5.41, 5.74) is 16.6. The molecule has 37 heavy (non-hydrogen) atoms. The van der Waals surface area contributed by atoms with Gasteiger partial charge in [0.1, 0.15) is 12.0 Å². The summed E-state index contributed by atoms with van der Waals surface area (Å²) in [6, 6.07) is 28.8. The topological polar surface area (TPSA) is 99.4 Å². The lowest BCUT2D eigenvalue weighted by atomic mass is 9.96. The summed E-state index contributed by atoms with van der Waals surface area (Å²) in [4.78, 5) is 25.9. The van der Waals surface area contributed by atoms with Gasteiger partial charge in [-0.25, -0.2) is 9.97 Å². The van der Waals surface area contributed by atoms with Gasteiger partial charge >= 0.3 is 0 Å². The molecule has 1 aliphatic heterocycles. The lowest BCUT2D eigenvalue weighted by Gasteiger charge is -2.40. The van der Waals surface area contributed by atoms with Crippen LogP contribution in [-0.2, 0) is 0 Å². The smallest absolute Gasteiger partial charge is 0.269 e. The Kier molecular flexibility index (Phi) is 7.28. The van der Waals surface area contributed by atoms with Crippen LogP contribution < -0.4 is 21.5 Å². The third-order valence-electron chi connectivity index (χ3n) is 6.68. The maximum atomic E-state index is 12.5. The van der Waals surface area contributed by atoms with Gasteiger partial charge in [0.15, 0.2) is 11.6 Å². The number of aryl methyl sites for hydroxylation is 1. The van der Waals surface area contributed by atoms with Crippen LogP contribution in [0.2, 0.25) is 0 Å². The number of hydrogen-bond acceptors (Lipinski definition) is 7. The van der Waals surface area contributed by atoms with E-state index >= 15 is 0 Å². The van der Waals surface area contributed by atoms with Gasteiger partial charge < -0.3 is 10.6 Å². The second-order valence-electron chi connectivity index (χ2n) is 9.15. The average molecular weight is 494 g/mol. The van der Waals surface area contributed by atoms with Gasteiger partial charge in [0.25, 0.3) is 5.91 Å². The maximum absolute atomic E-state index is 12.5. The molecule has 0 atom stereocenters. The van der Waals surface area contributed by atoms with Crippen molar-refractivity contribution in [3.63, 3.8) is 0 Å². The highest BCUT2D eigenvalue weighted by Crippen LogP contribution is 2.32. The molecule has 4 N–H and O–H groups in total. The first-order chi connectivity index (χ1) is 18.1. The summed E-state index contributed by atoms with van der Waals surface area (Å²) < 4.78 is 0. The summed E-state index contributed by atoms with van der Waals surface area (Å²) in [5.74, 6) is 0.776. The van der Waals surface area contributed by atoms with Gasteiger partial charge in [-0.2, -0.15) is 0 Å². The third kappa shape index (κ3) is 5.54. The van der Waals surface area contributed by atoms with E-state index in [4.69, 9.17) is 5.73 Å². The molecule has 0 aliphatic carbocycles. The Morgan fingerprint density at radius 3 is 2.03 bits per heavy atom. The van der Waals surface area contributed by atoms with E-state index in [0.29, 0.717) is 22.9 Å². The number of nitrogens with zero attached hydrogens (tertiary/aromatic N) is 4. The number of benzene rings is 3. The number of piperazine rings is 1. The minimum absolute atomic E-state index is 0.182. The Bertz CT molecular complexity index is 1280. The Balaban J connectivity index is 1.27. The number of nitrogens with two attached hydrogens (primary N) is 1. The fourth-order valence-corrected chi connectivity index (χ4v) is 4.71. The van der Waals surface area contributed by atoms with Gasteiger partial charge in [0.05, 0.1) is 6.04 Å². The number of amides is 1. The van der Waals surface area contributed by atoms with Gasteiger partial charge in [-0.15, -0.1) is 0 Å². The predicted octanol–water partition coefficient (Wildman–Crippen LogP) is 4.04. The van der Waals surface area contributed by atoms with E-state index in [1.54, 1.807) is 12.1 Å². The largest absolute Gasteiger partial charge is 0.393 e. The monoisotopic (exact) mass is 493 g/mol. The Labute approximate surface area is 217 Å². The number of aromatic nitrogens is 2. The average Bonchev–Trinajstić information content (AvgIpc) is 2.94. The molecule has 0 saturated carbocycles. The van der Waals surface area contributed by atoms with Crippen molar-refractivity contribution in [2.24, 2.45) is 0 Å². The maximum Gasteiger partial charge on any atom is 0.269 e. The number of carbonyl (C=O) groups is 1. The lowest BCUT2D eigenvalue weighted by Crippen LogP contribution is -2.48. The normalized spacial score (nSPS) is 13.9. The van der Waals surface area contributed by atoms with Crippen LogP contribution >= 0.6 is 0 Å². The minimum Gasteiger partial charge on any atom is -0.393 e. The lowest BCUT2D eigenvalue weighted by molar-refractivity contribution is 0.0962. The van der Waals surface area contributed by atoms with E-state index in [9.17, 15) is 4.79 Å². The van der Waals surface area contributed by atoms with Gasteiger partial charge in [-0.05, 0) is 30.2 Å². The van der Waals surface area contributed by atoms with Crippen molar-refractivity contribution in [3.8, 4) is 0 Å². The van der Waals surface area contributed by atoms with Crippen LogP contribution in [-0.4, -0.2) is 47.0 Å². The standard InChI is InChI=1S/C29H31N7O/c1-21-12-14-24(15-13-21)29(37)34-33-27-25(30)28(32-20-31-27)36-18-16-35(17-19-36)26(22-8-4-2-5-9-22)23-10-6-3-7-11-23/h2-15,20,26H,16-19,30H2,1H3,(H,34,37)(H,31,32,33). The number of hydrogen-bond donors (Lipinski definition) is 3. The van der Waals surface area contributed by atoms with Gasteiger partial charge in [-0.1, -0.05) is 78.4 Å². The zero-order valence-corrected chi connectivity index (χ0v) is 20.8. The van der Waals surface area contributed by atoms with Crippen LogP contribution in [0.1, 0.15) is 33.1 Å². The zero-order valence-electron chi connectivity index (χ0n) is 20.8. The van der Waals surface area contributed by atoms with E-state index in [-0.39, 0.29) is 11.9 Å². The summed E-state index contributed by atoms with van der Waals surface area (Å²) in [6.07, 6.45) is 1.47. The minimum atomic E-state index is -0.263. The number of nitrogen functional groups attached to an aromatic ring is 1. The second kappa shape index (κ2) is 11.1. The number of anilines is 3. The molecular formula is C29H31N7O. The van der Waals surface area contributed by atoms with Crippen LogP contribution in [0.15, 0.2) is 91.3 Å². The molecule has 3 aromatic carbocycles. The van der Waals surface area contributed by atoms with Gasteiger partial charge in [0.2, 0.25) is 0 Å². The molecule has 8 heteroatoms. The first-order valence-corrected chi connectivity index (χ1v) is 12.4. The molecule has 4 aromatic rings. The Hall–Kier alpha value is -4.43. The van der Waals surface area contributed by atoms with E-state index < -0.39 is 0 Å². The summed E-state index contributed by atoms with van der Waals surface area (Å²) in [5, 5.41) is 0. The van der Waals surface area contributed by atoms with E-state index in [0.717, 1.165) is 31.7 Å². The first kappa shape index (κ1) is 24.3. The molecule has 8 nitrogen and oxygen atoms in total. The Morgan fingerprint density at radius 1 is 0.838 bits per heavy atom. The van der Waals surface area contributed by atoms with E-state index in [1.807, 2.05) is 19.1 Å². The SMILES string of the molecule is Cc1ccc(C(=O)NNc2ncnc(N3CCN(C(c4ccccc4)c4ccccc4)CC3)c2N)cc1. The van der Waals surface area contributed by atoms with Crippen LogP contribution in [0.25, 0.3) is 0 Å². The summed E-state index contributed by atoms with van der Waals surface area (Å²) in [7, 11) is 0. The Morgan fingerprint density at radius 2 is 1.43 bits per heavy atom. The van der Waals surface area contributed by atoms with Crippen LogP contribution in [0, 0.1) is 6.92 Å². The molecule has 5 rings (SSSR count). The number of hydrazine groups is 1. The highest BCUT2D eigenvalue weighted by Gasteiger charge is 2.28. The molecule has 0 spiro atoms. The molecule has 0 unspecified atom stereocenters. The molecule has 1 fully saturated rings. The van der Waals surface area contributed by atoms with Crippen molar-refractivity contribution in [2.75, 3.05) is 42.2 Å². The zero-order chi connectivity index (χ0) is 25.6. The molecule has 1 amide bonds. The van der Waals surface area contributed by atoms with E-state index in [2.05, 4.69) is 91.3 Å². The van der Waals surface area contributed by atoms with E-state index in [1.165, 1.54) is 17.5 Å². The number of carbonyl (C=O) groups excluding carboxylic acids is 1. The van der Waals surface area contributed by atoms with Gasteiger partial charge in [0, 0.05) is 31.7 Å². The molecule has 188 valence electrons. The van der Waals surface area contributed by atoms with Crippen molar-refractivity contribution in [1.82, 2.24) is 20.3 Å². The molecule has 0 bridgehead atoms. The molecule has 1 aromatic heterocycles. The highest BCUT2D eigenvalue weighted by molar-refractivity contribution is 5.95. The van der Waals surface area contributed by atoms with Crippen molar-refractivity contribution in [2.45, 2.75) is 13.0 Å². The predicted molar refractivity (Wildman–Crippen MR) is 147 cm³/mol. The molecule has 2 heterocycles. The van der Waals surface area contributed by atoms with Crippen molar-refractivity contribution in [1.29, 1.82) is 0 Å². The first-order valence-electron chi connectivity index (χ1n) is 12.4. The fraction of sp³-hybridized carbons (Fsp3) is 0.207. The third-order valence-corrected chi connectivity index (χ3v) is 6.68. The van der Waals surface area contributed by atoms with Crippen LogP contribution in [0.4, 0.5) is 17.3 Å². The van der Waals surface area contributed by atoms with Gasteiger partial charge in [-0.3, -0.25) is 20.5 Å². The van der Waals surface area contributed by atoms with Crippen LogP contribution in [0.5, 0.6) is 0 Å². The molecule has 0 radical (unpaired) electrons. The van der Waals surface area contributed by atoms with Crippen LogP contribution in [0.3, 0.4) is 0 Å². The molecular weight excluding hydrogens is 462 g/mol. The molecule has 1 saturated heterocycles. The summed E-state index contributed by atoms with van der Waals surface area (Å²) >= 11 is 0. The van der Waals surface area contributed by atoms with Crippen molar-refractivity contribution >= 4 is 23.2 Å². The fourth-order valence-electron chi connectivity index (χ4n) is 4.71. The second-order valence-corrected chi connectivity index (χ2v) is 9.15. The molecule has 1 aliphatic rings. The van der Waals surface area contributed by atoms with Crippen molar-refractivity contribution in [3.05, 3.63) is 114 Å².